The van der Waals surface area contributed by atoms with Crippen molar-refractivity contribution in [3.05, 3.63) is 68.0 Å². The van der Waals surface area contributed by atoms with Crippen LogP contribution >= 0.6 is 11.6 Å². The van der Waals surface area contributed by atoms with Gasteiger partial charge in [-0.05, 0) is 68.0 Å². The molecular weight excluding hydrogens is 362 g/mol. The first kappa shape index (κ1) is 16.7. The van der Waals surface area contributed by atoms with Crippen molar-refractivity contribution in [2.45, 2.75) is 39.2 Å². The van der Waals surface area contributed by atoms with Crippen molar-refractivity contribution in [1.29, 1.82) is 0 Å². The molecule has 0 spiro atoms. The van der Waals surface area contributed by atoms with E-state index in [4.69, 9.17) is 20.8 Å². The fourth-order valence-corrected chi connectivity index (χ4v) is 4.46. The average molecular weight is 382 g/mol. The Labute approximate surface area is 162 Å². The zero-order chi connectivity index (χ0) is 18.5. The van der Waals surface area contributed by atoms with Gasteiger partial charge >= 0.3 is 5.63 Å². The van der Waals surface area contributed by atoms with E-state index in [-0.39, 0.29) is 5.63 Å². The Balaban J connectivity index is 1.66. The summed E-state index contributed by atoms with van der Waals surface area (Å²) >= 11 is 6.20. The number of halogens is 1. The van der Waals surface area contributed by atoms with Gasteiger partial charge < -0.3 is 14.1 Å². The summed E-state index contributed by atoms with van der Waals surface area (Å²) in [5.74, 6) is 0.789. The Bertz CT molecular complexity index is 1120. The molecule has 0 bridgehead atoms. The van der Waals surface area contributed by atoms with Gasteiger partial charge in [0.15, 0.2) is 6.73 Å². The highest BCUT2D eigenvalue weighted by Crippen LogP contribution is 2.37. The molecule has 2 aromatic carbocycles. The Morgan fingerprint density at radius 1 is 1.04 bits per heavy atom. The van der Waals surface area contributed by atoms with Crippen LogP contribution in [0.25, 0.3) is 11.0 Å². The Morgan fingerprint density at radius 2 is 1.85 bits per heavy atom. The lowest BCUT2D eigenvalue weighted by Gasteiger charge is -2.32. The molecule has 0 amide bonds. The van der Waals surface area contributed by atoms with Crippen LogP contribution in [-0.2, 0) is 19.4 Å². The molecular formula is C22H20ClNO3. The largest absolute Gasteiger partial charge is 0.473 e. The standard InChI is InChI=1S/C22H20ClNO3/c1-13-6-7-14(23)10-19(13)24-11-18-20(26-12-24)9-8-16-15-4-2-3-5-17(15)22(25)27-21(16)18/h6-10H,2-5,11-12H2,1H3. The summed E-state index contributed by atoms with van der Waals surface area (Å²) in [5, 5.41) is 1.75. The smallest absolute Gasteiger partial charge is 0.339 e. The predicted octanol–water partition coefficient (Wildman–Crippen LogP) is 4.99. The average Bonchev–Trinajstić information content (AvgIpc) is 2.69. The van der Waals surface area contributed by atoms with Crippen molar-refractivity contribution < 1.29 is 9.15 Å². The van der Waals surface area contributed by atoms with E-state index >= 15 is 0 Å². The van der Waals surface area contributed by atoms with Gasteiger partial charge in [-0.25, -0.2) is 4.79 Å². The lowest BCUT2D eigenvalue weighted by atomic mass is 9.90. The summed E-state index contributed by atoms with van der Waals surface area (Å²) in [5.41, 5.74) is 5.59. The normalized spacial score (nSPS) is 16.0. The molecule has 2 aliphatic rings. The molecule has 0 saturated heterocycles. The number of fused-ring (bicyclic) bond motifs is 5. The summed E-state index contributed by atoms with van der Waals surface area (Å²) in [7, 11) is 0. The van der Waals surface area contributed by atoms with Crippen molar-refractivity contribution in [2.24, 2.45) is 0 Å². The van der Waals surface area contributed by atoms with E-state index in [1.54, 1.807) is 0 Å². The van der Waals surface area contributed by atoms with E-state index < -0.39 is 0 Å². The Hall–Kier alpha value is -2.46. The number of ether oxygens (including phenoxy) is 1. The number of hydrogen-bond acceptors (Lipinski definition) is 4. The summed E-state index contributed by atoms with van der Waals surface area (Å²) in [4.78, 5) is 14.7. The number of aryl methyl sites for hydroxylation is 2. The van der Waals surface area contributed by atoms with E-state index in [9.17, 15) is 4.79 Å². The molecule has 0 fully saturated rings. The van der Waals surface area contributed by atoms with Crippen molar-refractivity contribution in [3.8, 4) is 5.75 Å². The summed E-state index contributed by atoms with van der Waals surface area (Å²) in [6.45, 7) is 3.12. The molecule has 27 heavy (non-hydrogen) atoms. The van der Waals surface area contributed by atoms with Crippen molar-refractivity contribution in [1.82, 2.24) is 0 Å². The van der Waals surface area contributed by atoms with E-state index in [2.05, 4.69) is 11.8 Å². The lowest BCUT2D eigenvalue weighted by molar-refractivity contribution is 0.289. The molecule has 138 valence electrons. The quantitative estimate of drug-likeness (QED) is 0.557. The van der Waals surface area contributed by atoms with Gasteiger partial charge in [0.1, 0.15) is 11.3 Å². The Kier molecular flexibility index (Phi) is 3.90. The molecule has 0 radical (unpaired) electrons. The maximum absolute atomic E-state index is 12.6. The van der Waals surface area contributed by atoms with Crippen molar-refractivity contribution in [3.63, 3.8) is 0 Å². The number of benzene rings is 2. The molecule has 5 heteroatoms. The fraction of sp³-hybridized carbons (Fsp3) is 0.318. The van der Waals surface area contributed by atoms with Gasteiger partial charge in [-0.2, -0.15) is 0 Å². The van der Waals surface area contributed by atoms with Gasteiger partial charge in [-0.15, -0.1) is 0 Å². The third-order valence-electron chi connectivity index (χ3n) is 5.69. The van der Waals surface area contributed by atoms with Crippen LogP contribution in [0.5, 0.6) is 5.75 Å². The summed E-state index contributed by atoms with van der Waals surface area (Å²) in [6.07, 6.45) is 3.93. The minimum Gasteiger partial charge on any atom is -0.473 e. The van der Waals surface area contributed by atoms with E-state index in [0.717, 1.165) is 64.8 Å². The molecule has 3 aromatic rings. The fourth-order valence-electron chi connectivity index (χ4n) is 4.29. The van der Waals surface area contributed by atoms with E-state index in [1.807, 2.05) is 30.3 Å². The van der Waals surface area contributed by atoms with Crippen LogP contribution in [0.2, 0.25) is 5.02 Å². The molecule has 1 aliphatic carbocycles. The molecule has 4 nitrogen and oxygen atoms in total. The maximum atomic E-state index is 12.6. The van der Waals surface area contributed by atoms with Crippen LogP contribution in [-0.4, -0.2) is 6.73 Å². The number of hydrogen-bond donors (Lipinski definition) is 0. The summed E-state index contributed by atoms with van der Waals surface area (Å²) < 4.78 is 11.8. The highest BCUT2D eigenvalue weighted by molar-refractivity contribution is 6.30. The van der Waals surface area contributed by atoms with E-state index in [1.165, 1.54) is 0 Å². The zero-order valence-corrected chi connectivity index (χ0v) is 15.9. The first-order valence-electron chi connectivity index (χ1n) is 9.36. The van der Waals surface area contributed by atoms with Gasteiger partial charge in [0.2, 0.25) is 0 Å². The highest BCUT2D eigenvalue weighted by Gasteiger charge is 2.26. The number of anilines is 1. The minimum atomic E-state index is -0.193. The van der Waals surface area contributed by atoms with Gasteiger partial charge in [-0.3, -0.25) is 0 Å². The van der Waals surface area contributed by atoms with Gasteiger partial charge in [0.05, 0.1) is 12.1 Å². The molecule has 0 atom stereocenters. The molecule has 2 heterocycles. The second-order valence-corrected chi connectivity index (χ2v) is 7.81. The third kappa shape index (κ3) is 2.71. The summed E-state index contributed by atoms with van der Waals surface area (Å²) in [6, 6.07) is 9.90. The number of rotatable bonds is 1. The molecule has 0 N–H and O–H groups in total. The monoisotopic (exact) mass is 381 g/mol. The molecule has 1 aliphatic heterocycles. The van der Waals surface area contributed by atoms with E-state index in [0.29, 0.717) is 23.9 Å². The SMILES string of the molecule is Cc1ccc(Cl)cc1N1COc2ccc3c4c(c(=O)oc3c2C1)CCCC4. The van der Waals surface area contributed by atoms with Gasteiger partial charge in [-0.1, -0.05) is 17.7 Å². The third-order valence-corrected chi connectivity index (χ3v) is 5.92. The Morgan fingerprint density at radius 3 is 2.70 bits per heavy atom. The first-order chi connectivity index (χ1) is 13.1. The zero-order valence-electron chi connectivity index (χ0n) is 15.2. The minimum absolute atomic E-state index is 0.193. The van der Waals surface area contributed by atoms with Crippen LogP contribution in [0.4, 0.5) is 5.69 Å². The predicted molar refractivity (Wildman–Crippen MR) is 107 cm³/mol. The maximum Gasteiger partial charge on any atom is 0.339 e. The number of nitrogens with zero attached hydrogens (tertiary/aromatic N) is 1. The van der Waals surface area contributed by atoms with Crippen LogP contribution in [0.3, 0.4) is 0 Å². The molecule has 0 unspecified atom stereocenters. The van der Waals surface area contributed by atoms with Crippen LogP contribution in [0.1, 0.15) is 35.1 Å². The van der Waals surface area contributed by atoms with Crippen molar-refractivity contribution >= 4 is 28.3 Å². The van der Waals surface area contributed by atoms with Crippen LogP contribution in [0.15, 0.2) is 39.5 Å². The van der Waals surface area contributed by atoms with Crippen LogP contribution in [0, 0.1) is 6.92 Å². The second kappa shape index (κ2) is 6.31. The van der Waals surface area contributed by atoms with Crippen molar-refractivity contribution in [2.75, 3.05) is 11.6 Å². The topological polar surface area (TPSA) is 42.7 Å². The first-order valence-corrected chi connectivity index (χ1v) is 9.74. The second-order valence-electron chi connectivity index (χ2n) is 7.37. The molecule has 5 rings (SSSR count). The van der Waals surface area contributed by atoms with Crippen LogP contribution < -0.4 is 15.3 Å². The van der Waals surface area contributed by atoms with Gasteiger partial charge in [0.25, 0.3) is 0 Å². The highest BCUT2D eigenvalue weighted by atomic mass is 35.5. The van der Waals surface area contributed by atoms with Gasteiger partial charge in [0, 0.05) is 21.7 Å². The lowest BCUT2D eigenvalue weighted by Crippen LogP contribution is -2.32. The molecule has 1 aromatic heterocycles. The molecule has 0 saturated carbocycles.